The second kappa shape index (κ2) is 9.33. The lowest BCUT2D eigenvalue weighted by molar-refractivity contribution is -0.118. The van der Waals surface area contributed by atoms with E-state index in [4.69, 9.17) is 4.74 Å². The molecular weight excluding hydrogens is 345 g/mol. The van der Waals surface area contributed by atoms with Crippen LogP contribution in [-0.4, -0.2) is 24.0 Å². The van der Waals surface area contributed by atoms with Crippen LogP contribution in [0.3, 0.4) is 0 Å². The molecule has 0 saturated heterocycles. The van der Waals surface area contributed by atoms with Gasteiger partial charge in [0.15, 0.2) is 6.61 Å². The molecule has 0 saturated carbocycles. The van der Waals surface area contributed by atoms with Gasteiger partial charge in [-0.1, -0.05) is 30.3 Å². The summed E-state index contributed by atoms with van der Waals surface area (Å²) < 4.78 is 18.3. The Bertz CT molecular complexity index is 853. The number of anilines is 2. The van der Waals surface area contributed by atoms with E-state index in [-0.39, 0.29) is 18.3 Å². The molecule has 5 nitrogen and oxygen atoms in total. The van der Waals surface area contributed by atoms with Crippen LogP contribution in [0.5, 0.6) is 5.75 Å². The molecular formula is C21H20FN3O2. The van der Waals surface area contributed by atoms with E-state index >= 15 is 0 Å². The first-order valence-corrected chi connectivity index (χ1v) is 8.61. The quantitative estimate of drug-likeness (QED) is 0.636. The van der Waals surface area contributed by atoms with Crippen LogP contribution in [0.4, 0.5) is 15.9 Å². The van der Waals surface area contributed by atoms with E-state index in [1.54, 1.807) is 36.5 Å². The summed E-state index contributed by atoms with van der Waals surface area (Å²) in [5.41, 5.74) is 1.90. The average Bonchev–Trinajstić information content (AvgIpc) is 2.70. The van der Waals surface area contributed by atoms with Crippen molar-refractivity contribution in [2.24, 2.45) is 0 Å². The number of carbonyl (C=O) groups is 1. The van der Waals surface area contributed by atoms with Gasteiger partial charge in [0.05, 0.1) is 11.9 Å². The van der Waals surface area contributed by atoms with Gasteiger partial charge in [-0.2, -0.15) is 0 Å². The van der Waals surface area contributed by atoms with E-state index in [1.807, 2.05) is 24.3 Å². The predicted molar refractivity (Wildman–Crippen MR) is 103 cm³/mol. The fourth-order valence-electron chi connectivity index (χ4n) is 2.42. The molecule has 0 atom stereocenters. The summed E-state index contributed by atoms with van der Waals surface area (Å²) in [5.74, 6) is 0.591. The number of benzene rings is 2. The van der Waals surface area contributed by atoms with Gasteiger partial charge >= 0.3 is 0 Å². The van der Waals surface area contributed by atoms with Crippen molar-refractivity contribution in [1.82, 2.24) is 4.98 Å². The Morgan fingerprint density at radius 2 is 1.78 bits per heavy atom. The summed E-state index contributed by atoms with van der Waals surface area (Å²) in [6.07, 6.45) is 2.42. The summed E-state index contributed by atoms with van der Waals surface area (Å²) in [6, 6.07) is 19.2. The molecule has 0 aliphatic carbocycles. The van der Waals surface area contributed by atoms with Crippen LogP contribution in [0.25, 0.3) is 0 Å². The summed E-state index contributed by atoms with van der Waals surface area (Å²) in [4.78, 5) is 16.1. The summed E-state index contributed by atoms with van der Waals surface area (Å²) in [7, 11) is 0. The second-order valence-electron chi connectivity index (χ2n) is 5.89. The highest BCUT2D eigenvalue weighted by Gasteiger charge is 2.05. The third-order valence-corrected chi connectivity index (χ3v) is 3.80. The number of para-hydroxylation sites is 1. The van der Waals surface area contributed by atoms with Crippen molar-refractivity contribution >= 4 is 17.4 Å². The minimum Gasteiger partial charge on any atom is -0.484 e. The van der Waals surface area contributed by atoms with Gasteiger partial charge < -0.3 is 15.4 Å². The summed E-state index contributed by atoms with van der Waals surface area (Å²) in [5, 5.41) is 5.93. The monoisotopic (exact) mass is 365 g/mol. The lowest BCUT2D eigenvalue weighted by atomic mass is 10.1. The normalized spacial score (nSPS) is 10.3. The van der Waals surface area contributed by atoms with Gasteiger partial charge in [0.1, 0.15) is 17.4 Å². The Morgan fingerprint density at radius 3 is 2.48 bits per heavy atom. The SMILES string of the molecule is O=C(COc1ccccc1)Nc1ccc(NCCc2ccc(F)cc2)cn1. The molecule has 3 aromatic rings. The molecule has 0 radical (unpaired) electrons. The van der Waals surface area contributed by atoms with E-state index in [0.29, 0.717) is 18.1 Å². The van der Waals surface area contributed by atoms with Crippen molar-refractivity contribution in [3.63, 3.8) is 0 Å². The molecule has 0 aliphatic heterocycles. The first-order valence-electron chi connectivity index (χ1n) is 8.61. The third-order valence-electron chi connectivity index (χ3n) is 3.80. The topological polar surface area (TPSA) is 63.2 Å². The van der Waals surface area contributed by atoms with Crippen LogP contribution in [0, 0.1) is 5.82 Å². The van der Waals surface area contributed by atoms with Gasteiger partial charge in [0, 0.05) is 6.54 Å². The largest absolute Gasteiger partial charge is 0.484 e. The van der Waals surface area contributed by atoms with Crippen LogP contribution >= 0.6 is 0 Å². The summed E-state index contributed by atoms with van der Waals surface area (Å²) >= 11 is 0. The fourth-order valence-corrected chi connectivity index (χ4v) is 2.42. The number of halogens is 1. The van der Waals surface area contributed by atoms with Crippen LogP contribution in [-0.2, 0) is 11.2 Å². The van der Waals surface area contributed by atoms with Crippen molar-refractivity contribution in [3.05, 3.63) is 84.3 Å². The van der Waals surface area contributed by atoms with E-state index in [2.05, 4.69) is 15.6 Å². The Morgan fingerprint density at radius 1 is 1.00 bits per heavy atom. The Hall–Kier alpha value is -3.41. The zero-order valence-corrected chi connectivity index (χ0v) is 14.7. The minimum atomic E-state index is -0.275. The number of rotatable bonds is 8. The molecule has 6 heteroatoms. The van der Waals surface area contributed by atoms with E-state index in [1.165, 1.54) is 12.1 Å². The minimum absolute atomic E-state index is 0.0800. The van der Waals surface area contributed by atoms with Crippen LogP contribution < -0.4 is 15.4 Å². The molecule has 1 amide bonds. The zero-order valence-electron chi connectivity index (χ0n) is 14.7. The Labute approximate surface area is 157 Å². The fraction of sp³-hybridized carbons (Fsp3) is 0.143. The molecule has 2 N–H and O–H groups in total. The maximum atomic E-state index is 12.9. The van der Waals surface area contributed by atoms with Crippen LogP contribution in [0.2, 0.25) is 0 Å². The number of amides is 1. The van der Waals surface area contributed by atoms with Crippen molar-refractivity contribution in [3.8, 4) is 5.75 Å². The molecule has 138 valence electrons. The number of ether oxygens (including phenoxy) is 1. The lowest BCUT2D eigenvalue weighted by Crippen LogP contribution is -2.20. The molecule has 0 unspecified atom stereocenters. The van der Waals surface area contributed by atoms with Gasteiger partial charge in [-0.15, -0.1) is 0 Å². The Balaban J connectivity index is 1.41. The third kappa shape index (κ3) is 6.11. The molecule has 2 aromatic carbocycles. The van der Waals surface area contributed by atoms with Gasteiger partial charge in [0.25, 0.3) is 5.91 Å². The average molecular weight is 365 g/mol. The molecule has 3 rings (SSSR count). The predicted octanol–water partition coefficient (Wildman–Crippen LogP) is 3.89. The molecule has 1 aromatic heterocycles. The number of hydrogen-bond donors (Lipinski definition) is 2. The second-order valence-corrected chi connectivity index (χ2v) is 5.89. The van der Waals surface area contributed by atoms with E-state index in [0.717, 1.165) is 17.7 Å². The van der Waals surface area contributed by atoms with Gasteiger partial charge in [-0.05, 0) is 48.4 Å². The Kier molecular flexibility index (Phi) is 6.35. The van der Waals surface area contributed by atoms with Gasteiger partial charge in [-0.3, -0.25) is 4.79 Å². The first-order chi connectivity index (χ1) is 13.2. The van der Waals surface area contributed by atoms with Crippen molar-refractivity contribution in [2.45, 2.75) is 6.42 Å². The number of hydrogen-bond acceptors (Lipinski definition) is 4. The maximum Gasteiger partial charge on any atom is 0.263 e. The highest BCUT2D eigenvalue weighted by Crippen LogP contribution is 2.11. The highest BCUT2D eigenvalue weighted by molar-refractivity contribution is 5.91. The zero-order chi connectivity index (χ0) is 18.9. The molecule has 0 aliphatic rings. The van der Waals surface area contributed by atoms with Crippen molar-refractivity contribution in [1.29, 1.82) is 0 Å². The number of nitrogens with zero attached hydrogens (tertiary/aromatic N) is 1. The number of aromatic nitrogens is 1. The lowest BCUT2D eigenvalue weighted by Gasteiger charge is -2.09. The van der Waals surface area contributed by atoms with Gasteiger partial charge in [-0.25, -0.2) is 9.37 Å². The maximum absolute atomic E-state index is 12.9. The molecule has 0 fully saturated rings. The van der Waals surface area contributed by atoms with Crippen molar-refractivity contribution < 1.29 is 13.9 Å². The van der Waals surface area contributed by atoms with Crippen LogP contribution in [0.15, 0.2) is 72.9 Å². The van der Waals surface area contributed by atoms with E-state index in [9.17, 15) is 9.18 Å². The smallest absolute Gasteiger partial charge is 0.263 e. The molecule has 27 heavy (non-hydrogen) atoms. The van der Waals surface area contributed by atoms with Crippen LogP contribution in [0.1, 0.15) is 5.56 Å². The molecule has 0 spiro atoms. The number of nitrogens with one attached hydrogen (secondary N) is 2. The highest BCUT2D eigenvalue weighted by atomic mass is 19.1. The molecule has 1 heterocycles. The first kappa shape index (κ1) is 18.4. The van der Waals surface area contributed by atoms with Crippen molar-refractivity contribution in [2.75, 3.05) is 23.8 Å². The number of carbonyl (C=O) groups excluding carboxylic acids is 1. The van der Waals surface area contributed by atoms with Gasteiger partial charge in [0.2, 0.25) is 0 Å². The summed E-state index contributed by atoms with van der Waals surface area (Å²) in [6.45, 7) is 0.618. The van der Waals surface area contributed by atoms with E-state index < -0.39 is 0 Å². The molecule has 0 bridgehead atoms. The standard InChI is InChI=1S/C21H20FN3O2/c22-17-8-6-16(7-9-17)12-13-23-18-10-11-20(24-14-18)25-21(26)15-27-19-4-2-1-3-5-19/h1-11,14,23H,12-13,15H2,(H,24,25,26). The number of pyridine rings is 1.